The predicted molar refractivity (Wildman–Crippen MR) is 127 cm³/mol. The number of hydrogen-bond acceptors (Lipinski definition) is 11. The van der Waals surface area contributed by atoms with E-state index in [-0.39, 0.29) is 12.5 Å². The normalized spacial score (nSPS) is 17.3. The Balaban J connectivity index is 1.22. The number of hydrogen-bond donors (Lipinski definition) is 0. The Morgan fingerprint density at radius 2 is 2.00 bits per heavy atom. The molecule has 0 aliphatic carbocycles. The van der Waals surface area contributed by atoms with Crippen molar-refractivity contribution < 1.29 is 19.1 Å². The summed E-state index contributed by atoms with van der Waals surface area (Å²) >= 11 is 7.55. The fraction of sp³-hybridized carbons (Fsp3) is 0.500. The molecule has 1 saturated heterocycles. The van der Waals surface area contributed by atoms with Gasteiger partial charge in [0.05, 0.1) is 10.6 Å². The van der Waals surface area contributed by atoms with E-state index in [1.54, 1.807) is 26.8 Å². The van der Waals surface area contributed by atoms with Gasteiger partial charge in [-0.25, -0.2) is 9.59 Å². The first-order valence-corrected chi connectivity index (χ1v) is 12.4. The summed E-state index contributed by atoms with van der Waals surface area (Å²) < 4.78 is 11.2. The number of fused-ring (bicyclic) bond motifs is 1. The smallest absolute Gasteiger partial charge is 0.340 e. The average molecular weight is 518 g/mol. The Kier molecular flexibility index (Phi) is 5.96. The number of piperidine rings is 1. The summed E-state index contributed by atoms with van der Waals surface area (Å²) in [6, 6.07) is 5.51. The molecule has 2 aliphatic rings. The van der Waals surface area contributed by atoms with Crippen LogP contribution in [-0.2, 0) is 27.2 Å². The van der Waals surface area contributed by atoms with Gasteiger partial charge in [0.15, 0.2) is 11.6 Å². The van der Waals surface area contributed by atoms with E-state index in [0.29, 0.717) is 53.8 Å². The number of nitrogens with zero attached hydrogens (tertiary/aromatic N) is 7. The molecule has 11 nitrogen and oxygen atoms in total. The highest BCUT2D eigenvalue weighted by molar-refractivity contribution is 7.18. The van der Waals surface area contributed by atoms with Crippen LogP contribution in [0.25, 0.3) is 10.8 Å². The molecule has 4 heterocycles. The van der Waals surface area contributed by atoms with Crippen LogP contribution in [0, 0.1) is 0 Å². The third kappa shape index (κ3) is 4.98. The molecule has 0 amide bonds. The van der Waals surface area contributed by atoms with E-state index in [4.69, 9.17) is 21.1 Å². The maximum absolute atomic E-state index is 12.6. The molecule has 35 heavy (non-hydrogen) atoms. The lowest BCUT2D eigenvalue weighted by Crippen LogP contribution is -2.50. The zero-order chi connectivity index (χ0) is 24.8. The standard InChI is InChI=1S/C22H24ClN7O4S/c1-21(2,3)33-15(31)12-30-27-17(24-28-30)18-25-26-20(35-18)29-9-7-22(8-10-29)11-13-5-4-6-14(23)16(13)19(32)34-22/h4-6H,7-12H2,1-3H3. The molecule has 1 aromatic carbocycles. The van der Waals surface area contributed by atoms with Gasteiger partial charge in [-0.3, -0.25) is 0 Å². The van der Waals surface area contributed by atoms with E-state index in [2.05, 4.69) is 30.5 Å². The minimum atomic E-state index is -0.589. The Bertz CT molecular complexity index is 1280. The van der Waals surface area contributed by atoms with Gasteiger partial charge in [-0.1, -0.05) is 35.1 Å². The third-order valence-corrected chi connectivity index (χ3v) is 7.12. The van der Waals surface area contributed by atoms with Gasteiger partial charge in [0.25, 0.3) is 0 Å². The number of carbonyl (C=O) groups excluding carboxylic acids is 2. The van der Waals surface area contributed by atoms with Crippen molar-refractivity contribution in [1.29, 1.82) is 0 Å². The Labute approximate surface area is 210 Å². The van der Waals surface area contributed by atoms with Crippen molar-refractivity contribution in [1.82, 2.24) is 30.4 Å². The molecule has 5 rings (SSSR count). The molecule has 13 heteroatoms. The lowest BCUT2D eigenvalue weighted by molar-refractivity contribution is -0.156. The number of ether oxygens (including phenoxy) is 2. The molecule has 2 aromatic heterocycles. The topological polar surface area (TPSA) is 125 Å². The van der Waals surface area contributed by atoms with Crippen molar-refractivity contribution >= 4 is 40.0 Å². The second-order valence-corrected chi connectivity index (χ2v) is 11.0. The zero-order valence-corrected chi connectivity index (χ0v) is 21.1. The van der Waals surface area contributed by atoms with Crippen LogP contribution in [0.15, 0.2) is 18.2 Å². The van der Waals surface area contributed by atoms with Gasteiger partial charge in [-0.15, -0.1) is 20.4 Å². The maximum Gasteiger partial charge on any atom is 0.340 e. The van der Waals surface area contributed by atoms with Crippen LogP contribution in [0.3, 0.4) is 0 Å². The second kappa shape index (κ2) is 8.83. The monoisotopic (exact) mass is 517 g/mol. The van der Waals surface area contributed by atoms with Gasteiger partial charge in [0, 0.05) is 32.4 Å². The summed E-state index contributed by atoms with van der Waals surface area (Å²) in [4.78, 5) is 27.9. The first-order chi connectivity index (χ1) is 16.6. The van der Waals surface area contributed by atoms with E-state index in [0.717, 1.165) is 10.7 Å². The van der Waals surface area contributed by atoms with Gasteiger partial charge in [0.2, 0.25) is 11.0 Å². The Morgan fingerprint density at radius 1 is 1.23 bits per heavy atom. The van der Waals surface area contributed by atoms with Crippen LogP contribution in [-0.4, -0.2) is 66.6 Å². The molecule has 0 unspecified atom stereocenters. The molecule has 0 saturated carbocycles. The summed E-state index contributed by atoms with van der Waals surface area (Å²) in [5.74, 6) is -0.514. The highest BCUT2D eigenvalue weighted by Gasteiger charge is 2.43. The highest BCUT2D eigenvalue weighted by atomic mass is 35.5. The number of benzene rings is 1. The van der Waals surface area contributed by atoms with Crippen LogP contribution >= 0.6 is 22.9 Å². The number of esters is 2. The molecule has 3 aromatic rings. The van der Waals surface area contributed by atoms with Gasteiger partial charge in [-0.2, -0.15) is 4.80 Å². The molecule has 1 spiro atoms. The summed E-state index contributed by atoms with van der Waals surface area (Å²) in [7, 11) is 0. The minimum Gasteiger partial charge on any atom is -0.459 e. The number of anilines is 1. The largest absolute Gasteiger partial charge is 0.459 e. The molecule has 0 radical (unpaired) electrons. The van der Waals surface area contributed by atoms with E-state index >= 15 is 0 Å². The summed E-state index contributed by atoms with van der Waals surface area (Å²) in [5, 5.41) is 22.3. The average Bonchev–Trinajstić information content (AvgIpc) is 3.42. The number of rotatable bonds is 4. The fourth-order valence-electron chi connectivity index (χ4n) is 4.28. The Hall–Kier alpha value is -3.12. The summed E-state index contributed by atoms with van der Waals surface area (Å²) in [5.41, 5.74) is 0.280. The van der Waals surface area contributed by atoms with Crippen molar-refractivity contribution in [3.05, 3.63) is 34.3 Å². The van der Waals surface area contributed by atoms with Gasteiger partial charge >= 0.3 is 11.9 Å². The van der Waals surface area contributed by atoms with E-state index in [9.17, 15) is 9.59 Å². The lowest BCUT2D eigenvalue weighted by atomic mass is 9.81. The van der Waals surface area contributed by atoms with Gasteiger partial charge < -0.3 is 14.4 Å². The highest BCUT2D eigenvalue weighted by Crippen LogP contribution is 2.39. The van der Waals surface area contributed by atoms with E-state index in [1.165, 1.54) is 16.1 Å². The van der Waals surface area contributed by atoms with Gasteiger partial charge in [0.1, 0.15) is 11.2 Å². The molecule has 0 atom stereocenters. The van der Waals surface area contributed by atoms with E-state index < -0.39 is 17.2 Å². The van der Waals surface area contributed by atoms with Crippen LogP contribution < -0.4 is 4.90 Å². The third-order valence-electron chi connectivity index (χ3n) is 5.82. The predicted octanol–water partition coefficient (Wildman–Crippen LogP) is 2.94. The maximum atomic E-state index is 12.6. The molecule has 1 fully saturated rings. The van der Waals surface area contributed by atoms with Crippen molar-refractivity contribution in [2.24, 2.45) is 0 Å². The molecule has 0 bridgehead atoms. The fourth-order valence-corrected chi connectivity index (χ4v) is 5.37. The SMILES string of the molecule is CC(C)(C)OC(=O)Cn1nnc(-c2nnc(N3CCC4(CC3)Cc3cccc(Cl)c3C(=O)O4)s2)n1. The summed E-state index contributed by atoms with van der Waals surface area (Å²) in [6.07, 6.45) is 1.99. The van der Waals surface area contributed by atoms with Crippen molar-refractivity contribution in [3.8, 4) is 10.8 Å². The van der Waals surface area contributed by atoms with Crippen molar-refractivity contribution in [3.63, 3.8) is 0 Å². The Morgan fingerprint density at radius 3 is 2.74 bits per heavy atom. The summed E-state index contributed by atoms with van der Waals surface area (Å²) in [6.45, 7) is 6.57. The molecular formula is C22H24ClN7O4S. The number of carbonyl (C=O) groups is 2. The quantitative estimate of drug-likeness (QED) is 0.477. The first-order valence-electron chi connectivity index (χ1n) is 11.2. The number of tetrazole rings is 1. The number of halogens is 1. The van der Waals surface area contributed by atoms with Crippen LogP contribution in [0.1, 0.15) is 49.5 Å². The molecular weight excluding hydrogens is 494 g/mol. The lowest BCUT2D eigenvalue weighted by Gasteiger charge is -2.43. The zero-order valence-electron chi connectivity index (χ0n) is 19.5. The molecule has 0 N–H and O–H groups in total. The van der Waals surface area contributed by atoms with Crippen molar-refractivity contribution in [2.75, 3.05) is 18.0 Å². The molecule has 2 aliphatic heterocycles. The molecule has 184 valence electrons. The van der Waals surface area contributed by atoms with Crippen LogP contribution in [0.4, 0.5) is 5.13 Å². The number of aromatic nitrogens is 6. The minimum absolute atomic E-state index is 0.142. The van der Waals surface area contributed by atoms with Gasteiger partial charge in [-0.05, 0) is 37.6 Å². The van der Waals surface area contributed by atoms with Crippen LogP contribution in [0.5, 0.6) is 0 Å². The second-order valence-electron chi connectivity index (χ2n) is 9.63. The van der Waals surface area contributed by atoms with Crippen molar-refractivity contribution in [2.45, 2.75) is 57.8 Å². The first kappa shape index (κ1) is 23.6. The van der Waals surface area contributed by atoms with E-state index in [1.807, 2.05) is 12.1 Å². The van der Waals surface area contributed by atoms with Crippen LogP contribution in [0.2, 0.25) is 5.02 Å².